The SMILES string of the molecule is Cc1nc(=S)cc(-c2csc(C)c2)[nH]1. The second-order valence-electron chi connectivity index (χ2n) is 3.16. The van der Waals surface area contributed by atoms with Gasteiger partial charge in [0.05, 0.1) is 5.69 Å². The van der Waals surface area contributed by atoms with E-state index in [1.807, 2.05) is 13.0 Å². The highest BCUT2D eigenvalue weighted by molar-refractivity contribution is 7.71. The van der Waals surface area contributed by atoms with Crippen molar-refractivity contribution in [2.45, 2.75) is 13.8 Å². The van der Waals surface area contributed by atoms with Gasteiger partial charge >= 0.3 is 0 Å². The second-order valence-corrected chi connectivity index (χ2v) is 4.70. The molecule has 0 atom stereocenters. The molecule has 0 aliphatic rings. The number of aryl methyl sites for hydroxylation is 2. The van der Waals surface area contributed by atoms with Crippen LogP contribution in [0.1, 0.15) is 10.7 Å². The number of aromatic nitrogens is 2. The lowest BCUT2D eigenvalue weighted by atomic mass is 10.2. The van der Waals surface area contributed by atoms with E-state index in [4.69, 9.17) is 12.2 Å². The van der Waals surface area contributed by atoms with Crippen LogP contribution in [-0.4, -0.2) is 9.97 Å². The molecule has 0 unspecified atom stereocenters. The van der Waals surface area contributed by atoms with E-state index in [1.54, 1.807) is 11.3 Å². The molecule has 2 aromatic rings. The van der Waals surface area contributed by atoms with Crippen LogP contribution in [0.5, 0.6) is 0 Å². The summed E-state index contributed by atoms with van der Waals surface area (Å²) >= 11 is 6.80. The first-order chi connectivity index (χ1) is 6.65. The van der Waals surface area contributed by atoms with Gasteiger partial charge < -0.3 is 4.98 Å². The lowest BCUT2D eigenvalue weighted by Gasteiger charge is -1.99. The van der Waals surface area contributed by atoms with Crippen LogP contribution in [0.25, 0.3) is 11.3 Å². The summed E-state index contributed by atoms with van der Waals surface area (Å²) < 4.78 is 0.639. The van der Waals surface area contributed by atoms with Crippen molar-refractivity contribution in [1.82, 2.24) is 9.97 Å². The van der Waals surface area contributed by atoms with Crippen molar-refractivity contribution in [2.75, 3.05) is 0 Å². The maximum Gasteiger partial charge on any atom is 0.130 e. The van der Waals surface area contributed by atoms with Gasteiger partial charge in [-0.15, -0.1) is 11.3 Å². The Bertz CT molecular complexity index is 511. The number of nitrogens with one attached hydrogen (secondary N) is 1. The molecule has 0 amide bonds. The summed E-state index contributed by atoms with van der Waals surface area (Å²) in [5, 5.41) is 2.12. The quantitative estimate of drug-likeness (QED) is 0.748. The number of thiophene rings is 1. The first-order valence-electron chi connectivity index (χ1n) is 4.28. The van der Waals surface area contributed by atoms with Crippen LogP contribution >= 0.6 is 23.6 Å². The number of nitrogens with zero attached hydrogens (tertiary/aromatic N) is 1. The molecule has 14 heavy (non-hydrogen) atoms. The van der Waals surface area contributed by atoms with E-state index < -0.39 is 0 Å². The topological polar surface area (TPSA) is 28.7 Å². The van der Waals surface area contributed by atoms with Crippen LogP contribution in [0.2, 0.25) is 0 Å². The normalized spacial score (nSPS) is 10.4. The van der Waals surface area contributed by atoms with E-state index in [2.05, 4.69) is 28.3 Å². The van der Waals surface area contributed by atoms with Crippen molar-refractivity contribution in [2.24, 2.45) is 0 Å². The molecule has 0 radical (unpaired) electrons. The van der Waals surface area contributed by atoms with Crippen molar-refractivity contribution in [3.63, 3.8) is 0 Å². The zero-order valence-corrected chi connectivity index (χ0v) is 9.63. The Hall–Kier alpha value is -1.00. The molecule has 0 saturated carbocycles. The van der Waals surface area contributed by atoms with E-state index in [0.29, 0.717) is 4.64 Å². The second kappa shape index (κ2) is 3.63. The monoisotopic (exact) mass is 222 g/mol. The van der Waals surface area contributed by atoms with Crippen molar-refractivity contribution in [3.8, 4) is 11.3 Å². The van der Waals surface area contributed by atoms with Gasteiger partial charge in [-0.3, -0.25) is 0 Å². The fourth-order valence-corrected chi connectivity index (χ4v) is 2.28. The van der Waals surface area contributed by atoms with E-state index in [1.165, 1.54) is 10.4 Å². The van der Waals surface area contributed by atoms with E-state index in [9.17, 15) is 0 Å². The standard InChI is InChI=1S/C10H10N2S2/c1-6-3-8(5-14-6)9-4-10(13)12-7(2)11-9/h3-5H,1-2H3,(H,11,12,13). The lowest BCUT2D eigenvalue weighted by molar-refractivity contribution is 1.05. The van der Waals surface area contributed by atoms with Gasteiger partial charge in [0.15, 0.2) is 0 Å². The van der Waals surface area contributed by atoms with Crippen LogP contribution in [0.3, 0.4) is 0 Å². The van der Waals surface area contributed by atoms with Gasteiger partial charge in [0.25, 0.3) is 0 Å². The minimum Gasteiger partial charge on any atom is -0.343 e. The van der Waals surface area contributed by atoms with Crippen molar-refractivity contribution in [3.05, 3.63) is 32.9 Å². The van der Waals surface area contributed by atoms with Crippen molar-refractivity contribution >= 4 is 23.6 Å². The first kappa shape index (κ1) is 9.55. The fourth-order valence-electron chi connectivity index (χ4n) is 1.32. The highest BCUT2D eigenvalue weighted by Crippen LogP contribution is 2.23. The number of H-pyrrole nitrogens is 1. The van der Waals surface area contributed by atoms with Gasteiger partial charge in [-0.2, -0.15) is 0 Å². The van der Waals surface area contributed by atoms with Gasteiger partial charge in [-0.25, -0.2) is 4.98 Å². The Balaban J connectivity index is 2.56. The number of hydrogen-bond donors (Lipinski definition) is 1. The van der Waals surface area contributed by atoms with Crippen LogP contribution < -0.4 is 0 Å². The van der Waals surface area contributed by atoms with E-state index in [-0.39, 0.29) is 0 Å². The predicted octanol–water partition coefficient (Wildman–Crippen LogP) is 3.48. The van der Waals surface area contributed by atoms with Crippen LogP contribution in [0.4, 0.5) is 0 Å². The summed E-state index contributed by atoms with van der Waals surface area (Å²) in [5.74, 6) is 0.858. The molecule has 2 aromatic heterocycles. The lowest BCUT2D eigenvalue weighted by Crippen LogP contribution is -1.89. The summed E-state index contributed by atoms with van der Waals surface area (Å²) in [5.41, 5.74) is 2.23. The van der Waals surface area contributed by atoms with E-state index >= 15 is 0 Å². The summed E-state index contributed by atoms with van der Waals surface area (Å²) in [6, 6.07) is 4.04. The summed E-state index contributed by atoms with van der Waals surface area (Å²) in [6.07, 6.45) is 0. The molecule has 0 aromatic carbocycles. The fraction of sp³-hybridized carbons (Fsp3) is 0.200. The molecule has 4 heteroatoms. The minimum absolute atomic E-state index is 0.639. The van der Waals surface area contributed by atoms with E-state index in [0.717, 1.165) is 11.5 Å². The third-order valence-electron chi connectivity index (χ3n) is 1.90. The van der Waals surface area contributed by atoms with Gasteiger partial charge in [0, 0.05) is 15.8 Å². The highest BCUT2D eigenvalue weighted by atomic mass is 32.1. The Morgan fingerprint density at radius 1 is 1.36 bits per heavy atom. The van der Waals surface area contributed by atoms with Crippen LogP contribution in [0.15, 0.2) is 17.5 Å². The average Bonchev–Trinajstić information content (AvgIpc) is 2.50. The third kappa shape index (κ3) is 1.91. The molecule has 0 bridgehead atoms. The molecule has 0 aliphatic carbocycles. The molecule has 2 nitrogen and oxygen atoms in total. The Morgan fingerprint density at radius 2 is 2.14 bits per heavy atom. The van der Waals surface area contributed by atoms with Gasteiger partial charge in [0.2, 0.25) is 0 Å². The molecular weight excluding hydrogens is 212 g/mol. The maximum atomic E-state index is 5.07. The molecule has 2 rings (SSSR count). The maximum absolute atomic E-state index is 5.07. The molecule has 72 valence electrons. The molecule has 0 saturated heterocycles. The first-order valence-corrected chi connectivity index (χ1v) is 5.57. The van der Waals surface area contributed by atoms with Crippen molar-refractivity contribution < 1.29 is 0 Å². The molecule has 1 N–H and O–H groups in total. The molecule has 0 fully saturated rings. The van der Waals surface area contributed by atoms with Gasteiger partial charge in [-0.1, -0.05) is 12.2 Å². The molecule has 0 spiro atoms. The van der Waals surface area contributed by atoms with Crippen molar-refractivity contribution in [1.29, 1.82) is 0 Å². The summed E-state index contributed by atoms with van der Waals surface area (Å²) in [7, 11) is 0. The van der Waals surface area contributed by atoms with Gasteiger partial charge in [0.1, 0.15) is 10.5 Å². The number of hydrogen-bond acceptors (Lipinski definition) is 3. The molecule has 0 aliphatic heterocycles. The molecule has 2 heterocycles. The van der Waals surface area contributed by atoms with Crippen LogP contribution in [0, 0.1) is 18.5 Å². The molecular formula is C10H10N2S2. The Kier molecular flexibility index (Phi) is 2.48. The zero-order valence-electron chi connectivity index (χ0n) is 8.00. The number of aromatic amines is 1. The van der Waals surface area contributed by atoms with Gasteiger partial charge in [-0.05, 0) is 26.0 Å². The average molecular weight is 222 g/mol. The zero-order chi connectivity index (χ0) is 10.1. The predicted molar refractivity (Wildman–Crippen MR) is 62.2 cm³/mol. The Morgan fingerprint density at radius 3 is 2.71 bits per heavy atom. The summed E-state index contributed by atoms with van der Waals surface area (Å²) in [4.78, 5) is 8.64. The smallest absolute Gasteiger partial charge is 0.130 e. The van der Waals surface area contributed by atoms with Crippen LogP contribution in [-0.2, 0) is 0 Å². The minimum atomic E-state index is 0.639. The third-order valence-corrected chi connectivity index (χ3v) is 2.97. The Labute approximate surface area is 91.7 Å². The largest absolute Gasteiger partial charge is 0.343 e. The number of rotatable bonds is 1. The summed E-state index contributed by atoms with van der Waals surface area (Å²) in [6.45, 7) is 4.01. The highest BCUT2D eigenvalue weighted by Gasteiger charge is 2.01.